The van der Waals surface area contributed by atoms with Crippen molar-refractivity contribution in [3.63, 3.8) is 0 Å². The van der Waals surface area contributed by atoms with Gasteiger partial charge in [-0.3, -0.25) is 0 Å². The van der Waals surface area contributed by atoms with E-state index < -0.39 is 0 Å². The maximum atomic E-state index is 13.1. The summed E-state index contributed by atoms with van der Waals surface area (Å²) in [4.78, 5) is 0. The average molecular weight is 377 g/mol. The second-order valence-corrected chi connectivity index (χ2v) is 8.98. The van der Waals surface area contributed by atoms with E-state index in [1.807, 2.05) is 12.1 Å². The molecule has 0 spiro atoms. The lowest BCUT2D eigenvalue weighted by atomic mass is 9.63. The number of fused-ring (bicyclic) bond motifs is 1. The maximum Gasteiger partial charge on any atom is 0.123 e. The van der Waals surface area contributed by atoms with Gasteiger partial charge in [0.05, 0.1) is 0 Å². The van der Waals surface area contributed by atoms with E-state index in [-0.39, 0.29) is 5.82 Å². The van der Waals surface area contributed by atoms with Crippen LogP contribution in [0.1, 0.15) is 69.8 Å². The van der Waals surface area contributed by atoms with Crippen LogP contribution < -0.4 is 0 Å². The highest BCUT2D eigenvalue weighted by atomic mass is 19.1. The van der Waals surface area contributed by atoms with Crippen molar-refractivity contribution in [3.8, 4) is 11.1 Å². The molecule has 1 heteroatoms. The monoisotopic (exact) mass is 376 g/mol. The molecule has 2 aromatic rings. The molecule has 0 amide bonds. The zero-order chi connectivity index (χ0) is 19.3. The summed E-state index contributed by atoms with van der Waals surface area (Å²) in [5.41, 5.74) is 3.77. The first-order valence-corrected chi connectivity index (χ1v) is 11.2. The largest absolute Gasteiger partial charge is 0.207 e. The van der Waals surface area contributed by atoms with Crippen LogP contribution in [0.2, 0.25) is 0 Å². The van der Waals surface area contributed by atoms with Crippen LogP contribution in [0, 0.1) is 23.6 Å². The van der Waals surface area contributed by atoms with E-state index in [0.717, 1.165) is 29.2 Å². The lowest BCUT2D eigenvalue weighted by Crippen LogP contribution is -2.30. The third-order valence-electron chi connectivity index (χ3n) is 7.26. The first-order valence-electron chi connectivity index (χ1n) is 11.2. The fourth-order valence-electron chi connectivity index (χ4n) is 5.64. The van der Waals surface area contributed by atoms with E-state index in [1.165, 1.54) is 62.5 Å². The molecule has 148 valence electrons. The molecule has 0 nitrogen and oxygen atoms in total. The molecular weight excluding hydrogens is 343 g/mol. The van der Waals surface area contributed by atoms with Crippen molar-refractivity contribution in [2.24, 2.45) is 17.8 Å². The zero-order valence-electron chi connectivity index (χ0n) is 17.1. The Kier molecular flexibility index (Phi) is 6.29. The van der Waals surface area contributed by atoms with Gasteiger partial charge in [-0.05, 0) is 104 Å². The van der Waals surface area contributed by atoms with Crippen molar-refractivity contribution in [2.75, 3.05) is 0 Å². The summed E-state index contributed by atoms with van der Waals surface area (Å²) in [6.07, 6.45) is 15.7. The molecule has 2 aliphatic rings. The third kappa shape index (κ3) is 4.57. The van der Waals surface area contributed by atoms with Gasteiger partial charge in [0.25, 0.3) is 0 Å². The predicted molar refractivity (Wildman–Crippen MR) is 117 cm³/mol. The molecule has 0 saturated heterocycles. The molecule has 2 fully saturated rings. The van der Waals surface area contributed by atoms with Crippen LogP contribution >= 0.6 is 0 Å². The second-order valence-electron chi connectivity index (χ2n) is 8.98. The van der Waals surface area contributed by atoms with Gasteiger partial charge in [0.1, 0.15) is 5.82 Å². The number of halogens is 1. The number of allylic oxidation sites excluding steroid dienone is 2. The molecule has 4 rings (SSSR count). The summed E-state index contributed by atoms with van der Waals surface area (Å²) >= 11 is 0. The highest BCUT2D eigenvalue weighted by Crippen LogP contribution is 2.48. The Morgan fingerprint density at radius 3 is 2.18 bits per heavy atom. The van der Waals surface area contributed by atoms with E-state index in [2.05, 4.69) is 43.3 Å². The second kappa shape index (κ2) is 9.07. The van der Waals surface area contributed by atoms with Crippen molar-refractivity contribution in [1.29, 1.82) is 0 Å². The van der Waals surface area contributed by atoms with Gasteiger partial charge >= 0.3 is 0 Å². The van der Waals surface area contributed by atoms with Crippen molar-refractivity contribution in [3.05, 3.63) is 72.1 Å². The molecule has 2 aromatic carbocycles. The minimum absolute atomic E-state index is 0.173. The normalized spacial score (nSPS) is 27.6. The van der Waals surface area contributed by atoms with Crippen LogP contribution in [-0.4, -0.2) is 0 Å². The van der Waals surface area contributed by atoms with E-state index in [0.29, 0.717) is 0 Å². The fraction of sp³-hybridized carbons (Fsp3) is 0.481. The summed E-state index contributed by atoms with van der Waals surface area (Å²) in [5.74, 6) is 3.42. The maximum absolute atomic E-state index is 13.1. The molecule has 0 radical (unpaired) electrons. The van der Waals surface area contributed by atoms with Crippen LogP contribution in [0.4, 0.5) is 4.39 Å². The molecule has 0 aromatic heterocycles. The summed E-state index contributed by atoms with van der Waals surface area (Å²) in [7, 11) is 0. The first kappa shape index (κ1) is 19.4. The zero-order valence-corrected chi connectivity index (χ0v) is 17.1. The highest BCUT2D eigenvalue weighted by Gasteiger charge is 2.35. The molecule has 4 atom stereocenters. The van der Waals surface area contributed by atoms with Gasteiger partial charge in [-0.25, -0.2) is 4.39 Å². The number of benzene rings is 2. The van der Waals surface area contributed by atoms with E-state index in [9.17, 15) is 4.39 Å². The number of rotatable bonds is 5. The lowest BCUT2D eigenvalue weighted by Gasteiger charge is -2.42. The van der Waals surface area contributed by atoms with Crippen molar-refractivity contribution in [2.45, 2.75) is 64.2 Å². The SMILES string of the molecule is CC=CCCC1CCC2CC(c3ccc(-c4ccc(F)cc4)cc3)CCC2C1. The Labute approximate surface area is 169 Å². The van der Waals surface area contributed by atoms with Gasteiger partial charge < -0.3 is 0 Å². The van der Waals surface area contributed by atoms with Crippen LogP contribution in [0.3, 0.4) is 0 Å². The minimum Gasteiger partial charge on any atom is -0.207 e. The predicted octanol–water partition coefficient (Wildman–Crippen LogP) is 8.15. The highest BCUT2D eigenvalue weighted by molar-refractivity contribution is 5.63. The Balaban J connectivity index is 1.35. The molecule has 28 heavy (non-hydrogen) atoms. The molecule has 4 unspecified atom stereocenters. The molecule has 0 bridgehead atoms. The van der Waals surface area contributed by atoms with E-state index in [1.54, 1.807) is 12.1 Å². The summed E-state index contributed by atoms with van der Waals surface area (Å²) < 4.78 is 13.1. The standard InChI is InChI=1S/C27H33F/c1-2-3-4-5-20-6-7-26-19-25(13-12-24(26)18-20)23-10-8-21(9-11-23)22-14-16-27(28)17-15-22/h2-3,8-11,14-17,20,24-26H,4-7,12-13,18-19H2,1H3. The quantitative estimate of drug-likeness (QED) is 0.462. The topological polar surface area (TPSA) is 0 Å². The van der Waals surface area contributed by atoms with Gasteiger partial charge in [-0.1, -0.05) is 55.0 Å². The van der Waals surface area contributed by atoms with Crippen molar-refractivity contribution in [1.82, 2.24) is 0 Å². The molecule has 2 aliphatic carbocycles. The Hall–Kier alpha value is -1.89. The molecule has 0 aliphatic heterocycles. The van der Waals surface area contributed by atoms with Gasteiger partial charge in [0, 0.05) is 0 Å². The molecule has 2 saturated carbocycles. The van der Waals surface area contributed by atoms with Gasteiger partial charge in [0.15, 0.2) is 0 Å². The smallest absolute Gasteiger partial charge is 0.123 e. The first-order chi connectivity index (χ1) is 13.7. The van der Waals surface area contributed by atoms with E-state index in [4.69, 9.17) is 0 Å². The Morgan fingerprint density at radius 1 is 0.821 bits per heavy atom. The van der Waals surface area contributed by atoms with Crippen LogP contribution in [0.25, 0.3) is 11.1 Å². The van der Waals surface area contributed by atoms with Crippen LogP contribution in [0.5, 0.6) is 0 Å². The Morgan fingerprint density at radius 2 is 1.46 bits per heavy atom. The van der Waals surface area contributed by atoms with E-state index >= 15 is 0 Å². The minimum atomic E-state index is -0.173. The van der Waals surface area contributed by atoms with Gasteiger partial charge in [0.2, 0.25) is 0 Å². The number of hydrogen-bond acceptors (Lipinski definition) is 0. The number of hydrogen-bond donors (Lipinski definition) is 0. The Bertz CT molecular complexity index is 771. The molecular formula is C27H33F. The average Bonchev–Trinajstić information content (AvgIpc) is 2.74. The summed E-state index contributed by atoms with van der Waals surface area (Å²) in [6.45, 7) is 2.13. The molecule has 0 heterocycles. The summed E-state index contributed by atoms with van der Waals surface area (Å²) in [5, 5.41) is 0. The van der Waals surface area contributed by atoms with Crippen molar-refractivity contribution < 1.29 is 4.39 Å². The summed E-state index contributed by atoms with van der Waals surface area (Å²) in [6, 6.07) is 15.9. The molecule has 0 N–H and O–H groups in total. The van der Waals surface area contributed by atoms with Gasteiger partial charge in [-0.15, -0.1) is 0 Å². The lowest BCUT2D eigenvalue weighted by molar-refractivity contribution is 0.115. The van der Waals surface area contributed by atoms with Crippen molar-refractivity contribution >= 4 is 0 Å². The fourth-order valence-corrected chi connectivity index (χ4v) is 5.64. The third-order valence-corrected chi connectivity index (χ3v) is 7.26. The van der Waals surface area contributed by atoms with Crippen LogP contribution in [0.15, 0.2) is 60.7 Å². The van der Waals surface area contributed by atoms with Crippen LogP contribution in [-0.2, 0) is 0 Å². The van der Waals surface area contributed by atoms with Gasteiger partial charge in [-0.2, -0.15) is 0 Å².